The number of ether oxygens (including phenoxy) is 1. The lowest BCUT2D eigenvalue weighted by molar-refractivity contribution is 0.0531. The van der Waals surface area contributed by atoms with Gasteiger partial charge in [0.05, 0.1) is 6.54 Å². The van der Waals surface area contributed by atoms with Gasteiger partial charge in [0.1, 0.15) is 0 Å². The molecule has 0 aromatic heterocycles. The van der Waals surface area contributed by atoms with Crippen LogP contribution in [0.25, 0.3) is 0 Å². The molecule has 2 saturated heterocycles. The Kier molecular flexibility index (Phi) is 7.52. The van der Waals surface area contributed by atoms with Crippen LogP contribution in [0.4, 0.5) is 0 Å². The van der Waals surface area contributed by atoms with E-state index in [4.69, 9.17) is 21.3 Å². The third-order valence-corrected chi connectivity index (χ3v) is 6.93. The van der Waals surface area contributed by atoms with Gasteiger partial charge in [-0.05, 0) is 56.1 Å². The Balaban J connectivity index is 1.72. The van der Waals surface area contributed by atoms with Gasteiger partial charge in [0, 0.05) is 42.0 Å². The van der Waals surface area contributed by atoms with Crippen LogP contribution >= 0.6 is 23.4 Å². The van der Waals surface area contributed by atoms with Crippen molar-refractivity contribution in [2.45, 2.75) is 43.3 Å². The highest BCUT2D eigenvalue weighted by Crippen LogP contribution is 2.36. The lowest BCUT2D eigenvalue weighted by Crippen LogP contribution is -2.42. The molecule has 0 radical (unpaired) electrons. The highest BCUT2D eigenvalue weighted by Gasteiger charge is 2.34. The maximum atomic E-state index is 6.27. The maximum Gasteiger partial charge on any atom is 0.191 e. The van der Waals surface area contributed by atoms with Gasteiger partial charge in [0.2, 0.25) is 0 Å². The van der Waals surface area contributed by atoms with E-state index < -0.39 is 0 Å². The summed E-state index contributed by atoms with van der Waals surface area (Å²) in [4.78, 5) is 4.96. The minimum atomic E-state index is 0.00755. The number of hydrogen-bond acceptors (Lipinski definition) is 3. The normalized spacial score (nSPS) is 23.0. The molecule has 6 heteroatoms. The molecule has 2 fully saturated rings. The van der Waals surface area contributed by atoms with Crippen molar-refractivity contribution in [2.75, 3.05) is 38.6 Å². The fourth-order valence-electron chi connectivity index (χ4n) is 3.71. The molecule has 0 bridgehead atoms. The Hall–Kier alpha value is -0.910. The monoisotopic (exact) mass is 395 g/mol. The number of thioether (sulfide) groups is 1. The average molecular weight is 396 g/mol. The van der Waals surface area contributed by atoms with Crippen LogP contribution in [0.3, 0.4) is 0 Å². The second kappa shape index (κ2) is 9.86. The second-order valence-corrected chi connectivity index (χ2v) is 8.96. The highest BCUT2D eigenvalue weighted by atomic mass is 35.5. The molecule has 26 heavy (non-hydrogen) atoms. The standard InChI is InChI=1S/C20H30ClN3OS/c1-2-22-19(23-14-18-7-4-12-26-18)24-15-20(8-10-25-11-9-20)16-5-3-6-17(21)13-16/h3,5-6,13,18H,2,4,7-12,14-15H2,1H3,(H2,22,23,24). The zero-order chi connectivity index (χ0) is 18.2. The van der Waals surface area contributed by atoms with Gasteiger partial charge in [-0.25, -0.2) is 0 Å². The van der Waals surface area contributed by atoms with Crippen molar-refractivity contribution in [3.8, 4) is 0 Å². The Bertz CT molecular complexity index is 598. The molecule has 1 unspecified atom stereocenters. The van der Waals surface area contributed by atoms with Gasteiger partial charge < -0.3 is 15.4 Å². The van der Waals surface area contributed by atoms with E-state index in [1.54, 1.807) is 0 Å². The highest BCUT2D eigenvalue weighted by molar-refractivity contribution is 8.00. The van der Waals surface area contributed by atoms with Crippen LogP contribution in [0.5, 0.6) is 0 Å². The Morgan fingerprint density at radius 2 is 2.19 bits per heavy atom. The number of rotatable bonds is 6. The molecule has 1 aromatic rings. The molecule has 0 amide bonds. The van der Waals surface area contributed by atoms with Crippen molar-refractivity contribution < 1.29 is 4.74 Å². The smallest absolute Gasteiger partial charge is 0.191 e. The largest absolute Gasteiger partial charge is 0.381 e. The van der Waals surface area contributed by atoms with Crippen molar-refractivity contribution in [1.29, 1.82) is 0 Å². The lowest BCUT2D eigenvalue weighted by atomic mass is 9.74. The van der Waals surface area contributed by atoms with Crippen LogP contribution in [0.1, 0.15) is 38.2 Å². The molecule has 1 atom stereocenters. The van der Waals surface area contributed by atoms with Gasteiger partial charge in [-0.2, -0.15) is 11.8 Å². The second-order valence-electron chi connectivity index (χ2n) is 7.11. The van der Waals surface area contributed by atoms with Crippen molar-refractivity contribution >= 4 is 29.3 Å². The summed E-state index contributed by atoms with van der Waals surface area (Å²) in [5.41, 5.74) is 1.28. The van der Waals surface area contributed by atoms with E-state index in [1.165, 1.54) is 24.2 Å². The topological polar surface area (TPSA) is 45.7 Å². The SMILES string of the molecule is CCNC(=NCC1(c2cccc(Cl)c2)CCOCC1)NCC1CCCS1. The van der Waals surface area contributed by atoms with E-state index >= 15 is 0 Å². The van der Waals surface area contributed by atoms with E-state index in [2.05, 4.69) is 41.5 Å². The zero-order valence-electron chi connectivity index (χ0n) is 15.6. The molecule has 2 heterocycles. The fourth-order valence-corrected chi connectivity index (χ4v) is 5.10. The molecular weight excluding hydrogens is 366 g/mol. The number of halogens is 1. The van der Waals surface area contributed by atoms with Crippen molar-refractivity contribution in [2.24, 2.45) is 4.99 Å². The van der Waals surface area contributed by atoms with Crippen LogP contribution in [-0.4, -0.2) is 49.8 Å². The van der Waals surface area contributed by atoms with Crippen molar-refractivity contribution in [1.82, 2.24) is 10.6 Å². The first-order chi connectivity index (χ1) is 12.7. The maximum absolute atomic E-state index is 6.27. The number of aliphatic imine (C=N–C) groups is 1. The molecule has 2 aliphatic rings. The van der Waals surface area contributed by atoms with E-state index in [9.17, 15) is 0 Å². The summed E-state index contributed by atoms with van der Waals surface area (Å²) in [6.45, 7) is 6.29. The predicted molar refractivity (Wildman–Crippen MR) is 113 cm³/mol. The van der Waals surface area contributed by atoms with Crippen LogP contribution in [0, 0.1) is 0 Å². The lowest BCUT2D eigenvalue weighted by Gasteiger charge is -2.36. The van der Waals surface area contributed by atoms with E-state index in [0.29, 0.717) is 5.25 Å². The van der Waals surface area contributed by atoms with Crippen molar-refractivity contribution in [3.63, 3.8) is 0 Å². The Labute approximate surface area is 166 Å². The molecule has 2 aliphatic heterocycles. The molecule has 4 nitrogen and oxygen atoms in total. The van der Waals surface area contributed by atoms with Gasteiger partial charge in [0.15, 0.2) is 5.96 Å². The van der Waals surface area contributed by atoms with Crippen LogP contribution in [0.2, 0.25) is 5.02 Å². The first-order valence-electron chi connectivity index (χ1n) is 9.69. The van der Waals surface area contributed by atoms with E-state index in [-0.39, 0.29) is 5.41 Å². The summed E-state index contributed by atoms with van der Waals surface area (Å²) in [6, 6.07) is 8.26. The fraction of sp³-hybridized carbons (Fsp3) is 0.650. The van der Waals surface area contributed by atoms with Gasteiger partial charge in [0.25, 0.3) is 0 Å². The number of nitrogens with one attached hydrogen (secondary N) is 2. The van der Waals surface area contributed by atoms with E-state index in [1.807, 2.05) is 12.1 Å². The summed E-state index contributed by atoms with van der Waals surface area (Å²) in [5, 5.41) is 8.45. The van der Waals surface area contributed by atoms with Crippen molar-refractivity contribution in [3.05, 3.63) is 34.9 Å². The number of guanidine groups is 1. The van der Waals surface area contributed by atoms with E-state index in [0.717, 1.165) is 56.7 Å². The Morgan fingerprint density at radius 1 is 1.35 bits per heavy atom. The summed E-state index contributed by atoms with van der Waals surface area (Å²) >= 11 is 8.34. The average Bonchev–Trinajstić information content (AvgIpc) is 3.18. The third-order valence-electron chi connectivity index (χ3n) is 5.29. The van der Waals surface area contributed by atoms with Crippen LogP contribution in [0.15, 0.2) is 29.3 Å². The number of nitrogens with zero attached hydrogens (tertiary/aromatic N) is 1. The third kappa shape index (κ3) is 5.30. The summed E-state index contributed by atoms with van der Waals surface area (Å²) in [7, 11) is 0. The molecule has 0 spiro atoms. The number of benzene rings is 1. The summed E-state index contributed by atoms with van der Waals surface area (Å²) in [5.74, 6) is 2.21. The number of hydrogen-bond donors (Lipinski definition) is 2. The molecule has 144 valence electrons. The van der Waals surface area contributed by atoms with Crippen LogP contribution in [-0.2, 0) is 10.2 Å². The first-order valence-corrected chi connectivity index (χ1v) is 11.1. The molecule has 0 saturated carbocycles. The van der Waals surface area contributed by atoms with Gasteiger partial charge in [-0.15, -0.1) is 0 Å². The molecule has 1 aromatic carbocycles. The summed E-state index contributed by atoms with van der Waals surface area (Å²) < 4.78 is 5.63. The van der Waals surface area contributed by atoms with Gasteiger partial charge in [-0.3, -0.25) is 4.99 Å². The summed E-state index contributed by atoms with van der Waals surface area (Å²) in [6.07, 6.45) is 4.60. The quantitative estimate of drug-likeness (QED) is 0.567. The molecular formula is C20H30ClN3OS. The minimum absolute atomic E-state index is 0.00755. The van der Waals surface area contributed by atoms with Crippen LogP contribution < -0.4 is 10.6 Å². The molecule has 0 aliphatic carbocycles. The first kappa shape index (κ1) is 19.8. The molecule has 3 rings (SSSR count). The van der Waals surface area contributed by atoms with Gasteiger partial charge >= 0.3 is 0 Å². The Morgan fingerprint density at radius 3 is 2.88 bits per heavy atom. The molecule has 2 N–H and O–H groups in total. The zero-order valence-corrected chi connectivity index (χ0v) is 17.2. The predicted octanol–water partition coefficient (Wildman–Crippen LogP) is 3.84. The van der Waals surface area contributed by atoms with Gasteiger partial charge in [-0.1, -0.05) is 23.7 Å². The minimum Gasteiger partial charge on any atom is -0.381 e.